The lowest BCUT2D eigenvalue weighted by molar-refractivity contribution is -0.348. The molecule has 2 aliphatic rings. The van der Waals surface area contributed by atoms with Gasteiger partial charge in [-0.25, -0.2) is 0 Å². The minimum absolute atomic E-state index is 0.243. The van der Waals surface area contributed by atoms with E-state index in [-0.39, 0.29) is 6.61 Å². The maximum absolute atomic E-state index is 9.59. The van der Waals surface area contributed by atoms with E-state index in [4.69, 9.17) is 14.2 Å². The van der Waals surface area contributed by atoms with Gasteiger partial charge in [0.15, 0.2) is 12.6 Å². The van der Waals surface area contributed by atoms with Crippen LogP contribution in [0.2, 0.25) is 0 Å². The van der Waals surface area contributed by atoms with Crippen molar-refractivity contribution in [3.63, 3.8) is 0 Å². The summed E-state index contributed by atoms with van der Waals surface area (Å²) in [6.07, 6.45) is -5.46. The second kappa shape index (κ2) is 3.73. The van der Waals surface area contributed by atoms with E-state index in [9.17, 15) is 15.3 Å². The molecule has 0 amide bonds. The molecule has 2 aliphatic heterocycles. The lowest BCUT2D eigenvalue weighted by atomic mass is 9.98. The van der Waals surface area contributed by atoms with Crippen molar-refractivity contribution < 1.29 is 29.5 Å². The van der Waals surface area contributed by atoms with Gasteiger partial charge in [0.25, 0.3) is 0 Å². The summed E-state index contributed by atoms with van der Waals surface area (Å²) in [5.41, 5.74) is 0. The Balaban J connectivity index is 2.08. The largest absolute Gasteiger partial charge is 0.387 e. The highest BCUT2D eigenvalue weighted by molar-refractivity contribution is 4.91. The first-order valence-corrected chi connectivity index (χ1v) is 4.56. The molecule has 0 aromatic rings. The summed E-state index contributed by atoms with van der Waals surface area (Å²) < 4.78 is 15.4. The first-order chi connectivity index (χ1) is 6.59. The van der Waals surface area contributed by atoms with Crippen LogP contribution >= 0.6 is 0 Å². The van der Waals surface area contributed by atoms with Gasteiger partial charge in [0.05, 0.1) is 6.61 Å². The van der Waals surface area contributed by atoms with E-state index < -0.39 is 37.0 Å². The van der Waals surface area contributed by atoms with Crippen LogP contribution in [0.15, 0.2) is 0 Å². The highest BCUT2D eigenvalue weighted by atomic mass is 16.7. The van der Waals surface area contributed by atoms with Gasteiger partial charge in [-0.2, -0.15) is 0 Å². The van der Waals surface area contributed by atoms with E-state index in [1.54, 1.807) is 6.92 Å². The summed E-state index contributed by atoms with van der Waals surface area (Å²) in [6, 6.07) is 0. The van der Waals surface area contributed by atoms with Crippen LogP contribution < -0.4 is 0 Å². The number of aliphatic hydroxyl groups is 3. The first-order valence-electron chi connectivity index (χ1n) is 4.56. The molecule has 2 fully saturated rings. The van der Waals surface area contributed by atoms with Gasteiger partial charge in [-0.05, 0) is 6.92 Å². The van der Waals surface area contributed by atoms with Crippen molar-refractivity contribution in [2.75, 3.05) is 6.61 Å². The van der Waals surface area contributed by atoms with E-state index in [1.807, 2.05) is 0 Å². The second-order valence-electron chi connectivity index (χ2n) is 3.55. The molecule has 14 heavy (non-hydrogen) atoms. The third kappa shape index (κ3) is 1.65. The summed E-state index contributed by atoms with van der Waals surface area (Å²) in [7, 11) is 0. The normalized spacial score (nSPS) is 54.0. The molecule has 0 aliphatic carbocycles. The number of hydrogen-bond acceptors (Lipinski definition) is 6. The topological polar surface area (TPSA) is 88.4 Å². The average molecular weight is 206 g/mol. The maximum atomic E-state index is 9.59. The van der Waals surface area contributed by atoms with Crippen molar-refractivity contribution in [1.82, 2.24) is 0 Å². The molecule has 82 valence electrons. The molecule has 6 heteroatoms. The monoisotopic (exact) mass is 206 g/mol. The molecule has 2 heterocycles. The van der Waals surface area contributed by atoms with Crippen LogP contribution in [0.3, 0.4) is 0 Å². The Labute approximate surface area is 81.0 Å². The fraction of sp³-hybridized carbons (Fsp3) is 1.00. The van der Waals surface area contributed by atoms with Gasteiger partial charge in [0.2, 0.25) is 0 Å². The van der Waals surface area contributed by atoms with Crippen LogP contribution in [0.4, 0.5) is 0 Å². The molecule has 0 aromatic carbocycles. The summed E-state index contributed by atoms with van der Waals surface area (Å²) in [5.74, 6) is 0. The van der Waals surface area contributed by atoms with Crippen molar-refractivity contribution in [3.05, 3.63) is 0 Å². The molecule has 1 unspecified atom stereocenters. The quantitative estimate of drug-likeness (QED) is 0.433. The molecule has 0 saturated carbocycles. The lowest BCUT2D eigenvalue weighted by Gasteiger charge is -2.44. The molecule has 0 spiro atoms. The first kappa shape index (κ1) is 10.3. The summed E-state index contributed by atoms with van der Waals surface area (Å²) in [6.45, 7) is 1.94. The van der Waals surface area contributed by atoms with Crippen LogP contribution in [0.1, 0.15) is 6.92 Å². The molecule has 0 bridgehead atoms. The zero-order chi connectivity index (χ0) is 10.3. The van der Waals surface area contributed by atoms with Crippen molar-refractivity contribution in [2.45, 2.75) is 43.9 Å². The van der Waals surface area contributed by atoms with Crippen molar-refractivity contribution in [2.24, 2.45) is 0 Å². The van der Waals surface area contributed by atoms with E-state index in [0.717, 1.165) is 0 Å². The molecular weight excluding hydrogens is 192 g/mol. The predicted octanol–water partition coefficient (Wildman–Crippen LogP) is -1.81. The minimum atomic E-state index is -1.38. The van der Waals surface area contributed by atoms with Crippen LogP contribution in [0.5, 0.6) is 0 Å². The standard InChI is InChI=1S/C8H14O6/c1-3-12-2-4-7(13-3)5(9)6(10)8(11)14-4/h3-11H,2H2,1H3/t3?,4-,5-,6-,7-,8-/m1/s1. The SMILES string of the molecule is CC1OC[C@H]2O[C@@H](O)[C@H](O)[C@@H](O)[C@@H]2O1. The number of rotatable bonds is 0. The van der Waals surface area contributed by atoms with E-state index in [1.165, 1.54) is 0 Å². The molecule has 2 rings (SSSR count). The highest BCUT2D eigenvalue weighted by Crippen LogP contribution is 2.27. The third-order valence-corrected chi connectivity index (χ3v) is 2.50. The van der Waals surface area contributed by atoms with E-state index >= 15 is 0 Å². The fourth-order valence-electron chi connectivity index (χ4n) is 1.71. The predicted molar refractivity (Wildman–Crippen MR) is 43.2 cm³/mol. The van der Waals surface area contributed by atoms with Gasteiger partial charge in [-0.1, -0.05) is 0 Å². The van der Waals surface area contributed by atoms with Crippen LogP contribution in [0, 0.1) is 0 Å². The number of hydrogen-bond donors (Lipinski definition) is 3. The zero-order valence-electron chi connectivity index (χ0n) is 7.74. The Kier molecular flexibility index (Phi) is 2.74. The Morgan fingerprint density at radius 1 is 1.07 bits per heavy atom. The Bertz CT molecular complexity index is 208. The number of ether oxygens (including phenoxy) is 3. The third-order valence-electron chi connectivity index (χ3n) is 2.50. The summed E-state index contributed by atoms with van der Waals surface area (Å²) in [4.78, 5) is 0. The molecular formula is C8H14O6. The fourth-order valence-corrected chi connectivity index (χ4v) is 1.71. The summed E-state index contributed by atoms with van der Waals surface area (Å²) in [5, 5.41) is 28.1. The van der Waals surface area contributed by atoms with Gasteiger partial charge in [-0.15, -0.1) is 0 Å². The van der Waals surface area contributed by atoms with Crippen molar-refractivity contribution >= 4 is 0 Å². The van der Waals surface area contributed by atoms with Gasteiger partial charge < -0.3 is 29.5 Å². The van der Waals surface area contributed by atoms with Crippen molar-refractivity contribution in [1.29, 1.82) is 0 Å². The Morgan fingerprint density at radius 3 is 2.50 bits per heavy atom. The Hall–Kier alpha value is -0.240. The molecule has 6 nitrogen and oxygen atoms in total. The molecule has 0 aromatic heterocycles. The van der Waals surface area contributed by atoms with Gasteiger partial charge in [-0.3, -0.25) is 0 Å². The second-order valence-corrected chi connectivity index (χ2v) is 3.55. The van der Waals surface area contributed by atoms with E-state index in [2.05, 4.69) is 0 Å². The maximum Gasteiger partial charge on any atom is 0.184 e. The Morgan fingerprint density at radius 2 is 1.79 bits per heavy atom. The molecule has 3 N–H and O–H groups in total. The number of aliphatic hydroxyl groups excluding tert-OH is 3. The van der Waals surface area contributed by atoms with Gasteiger partial charge in [0.1, 0.15) is 24.4 Å². The smallest absolute Gasteiger partial charge is 0.184 e. The van der Waals surface area contributed by atoms with E-state index in [0.29, 0.717) is 0 Å². The minimum Gasteiger partial charge on any atom is -0.387 e. The zero-order valence-corrected chi connectivity index (χ0v) is 7.74. The molecule has 2 saturated heterocycles. The molecule has 0 radical (unpaired) electrons. The highest BCUT2D eigenvalue weighted by Gasteiger charge is 2.47. The summed E-state index contributed by atoms with van der Waals surface area (Å²) >= 11 is 0. The van der Waals surface area contributed by atoms with Gasteiger partial charge in [0, 0.05) is 0 Å². The molecule has 6 atom stereocenters. The average Bonchev–Trinajstić information content (AvgIpc) is 2.16. The van der Waals surface area contributed by atoms with Crippen LogP contribution in [0.25, 0.3) is 0 Å². The lowest BCUT2D eigenvalue weighted by Crippen LogP contribution is -2.62. The van der Waals surface area contributed by atoms with Crippen molar-refractivity contribution in [3.8, 4) is 0 Å². The van der Waals surface area contributed by atoms with Crippen LogP contribution in [-0.4, -0.2) is 58.9 Å². The van der Waals surface area contributed by atoms with Crippen LogP contribution in [-0.2, 0) is 14.2 Å². The van der Waals surface area contributed by atoms with Gasteiger partial charge >= 0.3 is 0 Å². The number of fused-ring (bicyclic) bond motifs is 1.